The molecule has 1 rings (SSSR count). The number of hydrogen-bond donors (Lipinski definition) is 2. The smallest absolute Gasteiger partial charge is 0.0491 e. The molecule has 0 saturated heterocycles. The predicted molar refractivity (Wildman–Crippen MR) is 48.2 cm³/mol. The first-order valence-electron chi connectivity index (χ1n) is 3.48. The Morgan fingerprint density at radius 3 is 2.18 bits per heavy atom. The minimum absolute atomic E-state index is 0.786. The predicted octanol–water partition coefficient (Wildman–Crippen LogP) is 1.16. The van der Waals surface area contributed by atoms with E-state index in [0.717, 1.165) is 11.4 Å². The van der Waals surface area contributed by atoms with Crippen LogP contribution in [0, 0.1) is 0 Å². The number of nitrogens with zero attached hydrogens (tertiary/aromatic N) is 1. The molecule has 0 fully saturated rings. The third kappa shape index (κ3) is 2.47. The van der Waals surface area contributed by atoms with Gasteiger partial charge in [0.05, 0.1) is 0 Å². The Hall–Kier alpha value is -1.22. The topological polar surface area (TPSA) is 41.3 Å². The van der Waals surface area contributed by atoms with Crippen LogP contribution < -0.4 is 11.2 Å². The van der Waals surface area contributed by atoms with Crippen LogP contribution in [0.1, 0.15) is 0 Å². The first-order chi connectivity index (χ1) is 5.18. The Balaban J connectivity index is 2.66. The monoisotopic (exact) mass is 151 g/mol. The average molecular weight is 151 g/mol. The molecule has 1 aromatic rings. The number of anilines is 2. The quantitative estimate of drug-likeness (QED) is 0.492. The van der Waals surface area contributed by atoms with Crippen molar-refractivity contribution in [2.75, 3.05) is 25.3 Å². The molecule has 0 bridgehead atoms. The van der Waals surface area contributed by atoms with Gasteiger partial charge < -0.3 is 11.2 Å². The second-order valence-electron chi connectivity index (χ2n) is 2.63. The lowest BCUT2D eigenvalue weighted by Crippen LogP contribution is -2.19. The fourth-order valence-electron chi connectivity index (χ4n) is 0.816. The molecular weight excluding hydrogens is 138 g/mol. The zero-order chi connectivity index (χ0) is 8.27. The van der Waals surface area contributed by atoms with E-state index in [9.17, 15) is 0 Å². The van der Waals surface area contributed by atoms with Crippen LogP contribution in [0.4, 0.5) is 11.4 Å². The molecule has 60 valence electrons. The zero-order valence-electron chi connectivity index (χ0n) is 6.83. The van der Waals surface area contributed by atoms with Crippen molar-refractivity contribution < 1.29 is 0 Å². The van der Waals surface area contributed by atoms with Crippen molar-refractivity contribution in [3.63, 3.8) is 0 Å². The van der Waals surface area contributed by atoms with Gasteiger partial charge in [0.15, 0.2) is 0 Å². The van der Waals surface area contributed by atoms with Gasteiger partial charge in [-0.05, 0) is 24.3 Å². The maximum Gasteiger partial charge on any atom is 0.0491 e. The van der Waals surface area contributed by atoms with E-state index in [4.69, 9.17) is 5.73 Å². The lowest BCUT2D eigenvalue weighted by Gasteiger charge is -2.12. The van der Waals surface area contributed by atoms with Crippen molar-refractivity contribution in [3.05, 3.63) is 24.3 Å². The molecule has 11 heavy (non-hydrogen) atoms. The lowest BCUT2D eigenvalue weighted by molar-refractivity contribution is 0.495. The molecule has 1 aromatic carbocycles. The maximum absolute atomic E-state index is 5.52. The van der Waals surface area contributed by atoms with Crippen LogP contribution in [-0.4, -0.2) is 19.1 Å². The number of nitrogens with two attached hydrogens (primary N) is 1. The molecule has 3 nitrogen and oxygen atoms in total. The Morgan fingerprint density at radius 1 is 1.18 bits per heavy atom. The molecule has 0 aromatic heterocycles. The summed E-state index contributed by atoms with van der Waals surface area (Å²) in [5.74, 6) is 0. The van der Waals surface area contributed by atoms with E-state index in [2.05, 4.69) is 5.43 Å². The van der Waals surface area contributed by atoms with Gasteiger partial charge in [-0.3, -0.25) is 0 Å². The summed E-state index contributed by atoms with van der Waals surface area (Å²) in [5.41, 5.74) is 10.5. The van der Waals surface area contributed by atoms with Crippen molar-refractivity contribution in [2.45, 2.75) is 0 Å². The normalized spacial score (nSPS) is 10.1. The van der Waals surface area contributed by atoms with Gasteiger partial charge in [-0.2, -0.15) is 0 Å². The molecular formula is C8H13N3. The summed E-state index contributed by atoms with van der Waals surface area (Å²) in [6.45, 7) is 0. The Kier molecular flexibility index (Phi) is 2.33. The van der Waals surface area contributed by atoms with Crippen LogP contribution in [0.5, 0.6) is 0 Å². The second kappa shape index (κ2) is 3.25. The van der Waals surface area contributed by atoms with Crippen molar-refractivity contribution in [1.29, 1.82) is 0 Å². The van der Waals surface area contributed by atoms with E-state index in [1.165, 1.54) is 0 Å². The summed E-state index contributed by atoms with van der Waals surface area (Å²) < 4.78 is 0. The van der Waals surface area contributed by atoms with Crippen LogP contribution in [0.15, 0.2) is 24.3 Å². The lowest BCUT2D eigenvalue weighted by atomic mass is 10.3. The van der Waals surface area contributed by atoms with E-state index in [1.807, 2.05) is 43.4 Å². The molecule has 0 aliphatic heterocycles. The molecule has 0 heterocycles. The van der Waals surface area contributed by atoms with E-state index < -0.39 is 0 Å². The van der Waals surface area contributed by atoms with Gasteiger partial charge in [0.1, 0.15) is 0 Å². The van der Waals surface area contributed by atoms with Crippen LogP contribution in [0.25, 0.3) is 0 Å². The fourth-order valence-corrected chi connectivity index (χ4v) is 0.816. The summed E-state index contributed by atoms with van der Waals surface area (Å²) in [6.07, 6.45) is 0. The summed E-state index contributed by atoms with van der Waals surface area (Å²) in [4.78, 5) is 0. The highest BCUT2D eigenvalue weighted by Gasteiger charge is 1.90. The molecule has 0 aliphatic carbocycles. The van der Waals surface area contributed by atoms with E-state index in [1.54, 1.807) is 0 Å². The molecule has 3 heteroatoms. The Labute approximate surface area is 66.8 Å². The van der Waals surface area contributed by atoms with Crippen LogP contribution >= 0.6 is 0 Å². The van der Waals surface area contributed by atoms with Gasteiger partial charge in [0.2, 0.25) is 0 Å². The summed E-state index contributed by atoms with van der Waals surface area (Å²) in [5, 5.41) is 1.88. The largest absolute Gasteiger partial charge is 0.399 e. The zero-order valence-corrected chi connectivity index (χ0v) is 6.83. The van der Waals surface area contributed by atoms with Gasteiger partial charge in [0.25, 0.3) is 0 Å². The number of benzene rings is 1. The maximum atomic E-state index is 5.52. The SMILES string of the molecule is CN(C)Nc1ccc(N)cc1. The molecule has 0 unspecified atom stereocenters. The van der Waals surface area contributed by atoms with Gasteiger partial charge >= 0.3 is 0 Å². The van der Waals surface area contributed by atoms with E-state index in [0.29, 0.717) is 0 Å². The van der Waals surface area contributed by atoms with Crippen molar-refractivity contribution in [3.8, 4) is 0 Å². The van der Waals surface area contributed by atoms with Gasteiger partial charge in [0, 0.05) is 25.5 Å². The highest BCUT2D eigenvalue weighted by molar-refractivity contribution is 5.50. The van der Waals surface area contributed by atoms with E-state index >= 15 is 0 Å². The Bertz CT molecular complexity index is 215. The third-order valence-corrected chi connectivity index (χ3v) is 1.26. The van der Waals surface area contributed by atoms with Gasteiger partial charge in [-0.15, -0.1) is 0 Å². The van der Waals surface area contributed by atoms with Crippen molar-refractivity contribution >= 4 is 11.4 Å². The molecule has 0 atom stereocenters. The average Bonchev–Trinajstić information content (AvgIpc) is 1.93. The number of hydrazine groups is 1. The van der Waals surface area contributed by atoms with Gasteiger partial charge in [-0.25, -0.2) is 5.01 Å². The molecule has 0 amide bonds. The second-order valence-corrected chi connectivity index (χ2v) is 2.63. The Morgan fingerprint density at radius 2 is 1.73 bits per heavy atom. The highest BCUT2D eigenvalue weighted by atomic mass is 15.5. The first kappa shape index (κ1) is 7.88. The minimum Gasteiger partial charge on any atom is -0.399 e. The molecule has 0 radical (unpaired) electrons. The van der Waals surface area contributed by atoms with Gasteiger partial charge in [-0.1, -0.05) is 0 Å². The number of hydrogen-bond acceptors (Lipinski definition) is 3. The van der Waals surface area contributed by atoms with Crippen LogP contribution in [0.2, 0.25) is 0 Å². The number of nitrogens with one attached hydrogen (secondary N) is 1. The number of rotatable bonds is 2. The highest BCUT2D eigenvalue weighted by Crippen LogP contribution is 2.09. The fraction of sp³-hybridized carbons (Fsp3) is 0.250. The number of nitrogen functional groups attached to an aromatic ring is 1. The summed E-state index contributed by atoms with van der Waals surface area (Å²) >= 11 is 0. The molecule has 3 N–H and O–H groups in total. The van der Waals surface area contributed by atoms with E-state index in [-0.39, 0.29) is 0 Å². The summed E-state index contributed by atoms with van der Waals surface area (Å²) in [6, 6.07) is 7.61. The molecule has 0 aliphatic rings. The van der Waals surface area contributed by atoms with Crippen molar-refractivity contribution in [2.24, 2.45) is 0 Å². The van der Waals surface area contributed by atoms with Crippen molar-refractivity contribution in [1.82, 2.24) is 5.01 Å². The standard InChI is InChI=1S/C8H13N3/c1-11(2)10-8-5-3-7(9)4-6-8/h3-6,10H,9H2,1-2H3. The first-order valence-corrected chi connectivity index (χ1v) is 3.48. The van der Waals surface area contributed by atoms with Crippen LogP contribution in [0.3, 0.4) is 0 Å². The minimum atomic E-state index is 0.786. The molecule has 0 spiro atoms. The summed E-state index contributed by atoms with van der Waals surface area (Å²) in [7, 11) is 3.88. The third-order valence-electron chi connectivity index (χ3n) is 1.26. The molecule has 0 saturated carbocycles. The van der Waals surface area contributed by atoms with Crippen LogP contribution in [-0.2, 0) is 0 Å².